The first-order valence-corrected chi connectivity index (χ1v) is 8.98. The number of allylic oxidation sites excluding steroid dienone is 3. The first-order valence-electron chi connectivity index (χ1n) is 7.50. The maximum absolute atomic E-state index is 12.9. The number of carbonyl (C=O) groups is 1. The minimum atomic E-state index is -4.01. The van der Waals surface area contributed by atoms with Crippen molar-refractivity contribution in [2.24, 2.45) is 5.92 Å². The van der Waals surface area contributed by atoms with E-state index in [1.54, 1.807) is 12.2 Å². The Morgan fingerprint density at radius 2 is 1.74 bits per heavy atom. The summed E-state index contributed by atoms with van der Waals surface area (Å²) in [7, 11) is -4.01. The molecule has 0 saturated carbocycles. The van der Waals surface area contributed by atoms with Crippen LogP contribution in [0.25, 0.3) is 10.8 Å². The van der Waals surface area contributed by atoms with Gasteiger partial charge in [-0.25, -0.2) is 8.42 Å². The fraction of sp³-hybridized carbons (Fsp3) is 0.211. The molecule has 23 heavy (non-hydrogen) atoms. The van der Waals surface area contributed by atoms with E-state index in [0.29, 0.717) is 5.56 Å². The normalized spacial score (nSPS) is 24.0. The molecule has 0 saturated heterocycles. The van der Waals surface area contributed by atoms with Gasteiger partial charge in [-0.15, -0.1) is 0 Å². The Labute approximate surface area is 136 Å². The van der Waals surface area contributed by atoms with Gasteiger partial charge in [-0.1, -0.05) is 67.6 Å². The van der Waals surface area contributed by atoms with E-state index in [0.717, 1.165) is 17.7 Å². The number of hydrogen-bond acceptors (Lipinski definition) is 3. The van der Waals surface area contributed by atoms with E-state index < -0.39 is 19.7 Å². The average Bonchev–Trinajstić information content (AvgIpc) is 2.54. The molecule has 0 aromatic heterocycles. The molecule has 0 N–H and O–H groups in total. The van der Waals surface area contributed by atoms with Gasteiger partial charge in [0, 0.05) is 12.8 Å². The maximum Gasteiger partial charge on any atom is 0.244 e. The topological polar surface area (TPSA) is 51.2 Å². The molecular weight excluding hydrogens is 308 g/mol. The number of benzene rings is 2. The zero-order valence-electron chi connectivity index (χ0n) is 13.1. The highest BCUT2D eigenvalue weighted by molar-refractivity contribution is 8.07. The third-order valence-corrected chi connectivity index (χ3v) is 6.94. The lowest BCUT2D eigenvalue weighted by molar-refractivity contribution is -0.110. The van der Waals surface area contributed by atoms with Gasteiger partial charge in [0.2, 0.25) is 15.0 Å². The quantitative estimate of drug-likeness (QED) is 0.844. The van der Waals surface area contributed by atoms with Crippen molar-refractivity contribution in [3.8, 4) is 0 Å². The van der Waals surface area contributed by atoms with Crippen LogP contribution in [0.4, 0.5) is 0 Å². The predicted octanol–water partition coefficient (Wildman–Crippen LogP) is 3.76. The molecule has 1 aliphatic carbocycles. The molecular formula is C19H18O3S. The van der Waals surface area contributed by atoms with Gasteiger partial charge in [-0.3, -0.25) is 4.79 Å². The highest BCUT2D eigenvalue weighted by atomic mass is 32.2. The molecule has 118 valence electrons. The summed E-state index contributed by atoms with van der Waals surface area (Å²) in [6.07, 6.45) is 6.99. The van der Waals surface area contributed by atoms with Crippen LogP contribution in [0.3, 0.4) is 0 Å². The Hall–Kier alpha value is -2.20. The van der Waals surface area contributed by atoms with E-state index in [1.807, 2.05) is 61.5 Å². The molecule has 0 heterocycles. The van der Waals surface area contributed by atoms with Crippen molar-refractivity contribution in [2.45, 2.75) is 18.6 Å². The molecule has 4 heteroatoms. The van der Waals surface area contributed by atoms with Gasteiger partial charge in [0.05, 0.1) is 0 Å². The lowest BCUT2D eigenvalue weighted by Crippen LogP contribution is -2.43. The van der Waals surface area contributed by atoms with Crippen molar-refractivity contribution < 1.29 is 13.2 Å². The first kappa shape index (κ1) is 15.7. The Morgan fingerprint density at radius 1 is 1.04 bits per heavy atom. The average molecular weight is 326 g/mol. The molecule has 0 radical (unpaired) electrons. The largest absolute Gasteiger partial charge is 0.282 e. The number of rotatable bonds is 2. The monoisotopic (exact) mass is 326 g/mol. The Bertz CT molecular complexity index is 938. The summed E-state index contributed by atoms with van der Waals surface area (Å²) in [6.45, 7) is 2.95. The Balaban J connectivity index is 2.33. The SMILES string of the molecule is CC(=O)S(=O)(=O)C1(c2ccc3ccccc3c2)C=CC=CC1C. The zero-order chi connectivity index (χ0) is 16.7. The van der Waals surface area contributed by atoms with Crippen molar-refractivity contribution in [3.05, 3.63) is 72.3 Å². The van der Waals surface area contributed by atoms with E-state index >= 15 is 0 Å². The van der Waals surface area contributed by atoms with E-state index in [-0.39, 0.29) is 5.92 Å². The smallest absolute Gasteiger partial charge is 0.244 e. The molecule has 0 amide bonds. The third-order valence-electron chi connectivity index (χ3n) is 4.55. The second-order valence-corrected chi connectivity index (χ2v) is 8.14. The highest BCUT2D eigenvalue weighted by Crippen LogP contribution is 2.43. The van der Waals surface area contributed by atoms with Crippen molar-refractivity contribution in [2.75, 3.05) is 0 Å². The molecule has 2 aromatic rings. The van der Waals surface area contributed by atoms with E-state index in [9.17, 15) is 13.2 Å². The second kappa shape index (κ2) is 5.46. The van der Waals surface area contributed by atoms with Crippen molar-refractivity contribution in [1.82, 2.24) is 0 Å². The van der Waals surface area contributed by atoms with Crippen LogP contribution >= 0.6 is 0 Å². The first-order chi connectivity index (χ1) is 10.9. The van der Waals surface area contributed by atoms with Crippen molar-refractivity contribution >= 4 is 25.7 Å². The molecule has 0 bridgehead atoms. The zero-order valence-corrected chi connectivity index (χ0v) is 13.9. The van der Waals surface area contributed by atoms with E-state index in [4.69, 9.17) is 0 Å². The number of hydrogen-bond donors (Lipinski definition) is 0. The standard InChI is InChI=1S/C19H18O3S/c1-14-7-5-6-12-19(14,23(21,22)15(2)20)18-11-10-16-8-3-4-9-17(16)13-18/h3-14H,1-2H3. The Morgan fingerprint density at radius 3 is 2.39 bits per heavy atom. The van der Waals surface area contributed by atoms with Gasteiger partial charge in [-0.05, 0) is 22.4 Å². The minimum Gasteiger partial charge on any atom is -0.282 e. The Kier molecular flexibility index (Phi) is 3.72. The number of fused-ring (bicyclic) bond motifs is 1. The van der Waals surface area contributed by atoms with Crippen LogP contribution in [-0.2, 0) is 19.4 Å². The second-order valence-electron chi connectivity index (χ2n) is 5.88. The lowest BCUT2D eigenvalue weighted by atomic mass is 9.82. The lowest BCUT2D eigenvalue weighted by Gasteiger charge is -2.35. The van der Waals surface area contributed by atoms with E-state index in [1.165, 1.54) is 0 Å². The third kappa shape index (κ3) is 2.25. The molecule has 2 unspecified atom stereocenters. The van der Waals surface area contributed by atoms with Crippen LogP contribution in [0.1, 0.15) is 19.4 Å². The summed E-state index contributed by atoms with van der Waals surface area (Å²) in [5.41, 5.74) is 0.625. The van der Waals surface area contributed by atoms with Gasteiger partial charge in [0.1, 0.15) is 4.75 Å². The minimum absolute atomic E-state index is 0.331. The van der Waals surface area contributed by atoms with Gasteiger partial charge >= 0.3 is 0 Å². The van der Waals surface area contributed by atoms with E-state index in [2.05, 4.69) is 0 Å². The van der Waals surface area contributed by atoms with Crippen LogP contribution in [0.5, 0.6) is 0 Å². The summed E-state index contributed by atoms with van der Waals surface area (Å²) in [6, 6.07) is 13.4. The fourth-order valence-electron chi connectivity index (χ4n) is 3.24. The molecule has 0 spiro atoms. The number of sulfone groups is 1. The van der Waals surface area contributed by atoms with Crippen molar-refractivity contribution in [1.29, 1.82) is 0 Å². The highest BCUT2D eigenvalue weighted by Gasteiger charge is 2.50. The molecule has 0 fully saturated rings. The van der Waals surface area contributed by atoms with Gasteiger partial charge in [0.15, 0.2) is 0 Å². The summed E-state index contributed by atoms with van der Waals surface area (Å²) in [5.74, 6) is -0.331. The number of carbonyl (C=O) groups excluding carboxylic acids is 1. The maximum atomic E-state index is 12.9. The predicted molar refractivity (Wildman–Crippen MR) is 92.7 cm³/mol. The van der Waals surface area contributed by atoms with Crippen molar-refractivity contribution in [3.63, 3.8) is 0 Å². The molecule has 2 aromatic carbocycles. The molecule has 0 aliphatic heterocycles. The molecule has 2 atom stereocenters. The van der Waals surface area contributed by atoms with Gasteiger partial charge in [0.25, 0.3) is 0 Å². The summed E-state index contributed by atoms with van der Waals surface area (Å²) < 4.78 is 24.5. The van der Waals surface area contributed by atoms with Crippen LogP contribution in [0.2, 0.25) is 0 Å². The van der Waals surface area contributed by atoms with Crippen LogP contribution in [0.15, 0.2) is 66.8 Å². The van der Waals surface area contributed by atoms with Crippen LogP contribution < -0.4 is 0 Å². The van der Waals surface area contributed by atoms with Crippen LogP contribution in [0, 0.1) is 5.92 Å². The fourth-order valence-corrected chi connectivity index (χ4v) is 4.98. The van der Waals surface area contributed by atoms with Gasteiger partial charge < -0.3 is 0 Å². The molecule has 1 aliphatic rings. The van der Waals surface area contributed by atoms with Gasteiger partial charge in [-0.2, -0.15) is 0 Å². The summed E-state index contributed by atoms with van der Waals surface area (Å²) in [4.78, 5) is 11.9. The summed E-state index contributed by atoms with van der Waals surface area (Å²) in [5, 5.41) is 1.19. The summed E-state index contributed by atoms with van der Waals surface area (Å²) >= 11 is 0. The molecule has 3 nitrogen and oxygen atoms in total. The molecule has 3 rings (SSSR count). The van der Waals surface area contributed by atoms with Crippen LogP contribution in [-0.4, -0.2) is 13.5 Å².